The SMILES string of the molecule is COC[C@H]1CCS(=O)(=O)C12CN(C(=O)c1ccc3c(c1)OCO3)C2. The van der Waals surface area contributed by atoms with Gasteiger partial charge in [0.25, 0.3) is 5.91 Å². The predicted octanol–water partition coefficient (Wildman–Crippen LogP) is 0.691. The molecule has 3 heterocycles. The molecule has 1 aromatic carbocycles. The number of methoxy groups -OCH3 is 1. The Kier molecular flexibility index (Phi) is 3.50. The number of amides is 1. The Bertz CT molecular complexity index is 784. The number of carbonyl (C=O) groups is 1. The molecule has 4 rings (SSSR count). The molecule has 0 aliphatic carbocycles. The van der Waals surface area contributed by atoms with Crippen molar-refractivity contribution in [3.8, 4) is 11.5 Å². The lowest BCUT2D eigenvalue weighted by Crippen LogP contribution is -2.68. The molecule has 2 fully saturated rings. The lowest BCUT2D eigenvalue weighted by Gasteiger charge is -2.49. The molecule has 8 heteroatoms. The summed E-state index contributed by atoms with van der Waals surface area (Å²) in [5.41, 5.74) is 0.479. The fourth-order valence-electron chi connectivity index (χ4n) is 3.86. The molecule has 0 bridgehead atoms. The number of sulfone groups is 1. The predicted molar refractivity (Wildman–Crippen MR) is 85.0 cm³/mol. The molecule has 1 spiro atoms. The summed E-state index contributed by atoms with van der Waals surface area (Å²) in [7, 11) is -1.62. The summed E-state index contributed by atoms with van der Waals surface area (Å²) in [6.45, 7) is 1.02. The van der Waals surface area contributed by atoms with E-state index in [1.165, 1.54) is 0 Å². The van der Waals surface area contributed by atoms with Crippen molar-refractivity contribution in [3.63, 3.8) is 0 Å². The van der Waals surface area contributed by atoms with Crippen molar-refractivity contribution in [3.05, 3.63) is 23.8 Å². The van der Waals surface area contributed by atoms with Gasteiger partial charge in [-0.1, -0.05) is 0 Å². The quantitative estimate of drug-likeness (QED) is 0.795. The monoisotopic (exact) mass is 353 g/mol. The van der Waals surface area contributed by atoms with Crippen LogP contribution in [0.25, 0.3) is 0 Å². The largest absolute Gasteiger partial charge is 0.454 e. The van der Waals surface area contributed by atoms with Gasteiger partial charge >= 0.3 is 0 Å². The third-order valence-corrected chi connectivity index (χ3v) is 7.89. The zero-order valence-electron chi connectivity index (χ0n) is 13.4. The van der Waals surface area contributed by atoms with Crippen molar-refractivity contribution < 1.29 is 27.4 Å². The Morgan fingerprint density at radius 2 is 2.08 bits per heavy atom. The summed E-state index contributed by atoms with van der Waals surface area (Å²) >= 11 is 0. The van der Waals surface area contributed by atoms with Gasteiger partial charge in [0, 0.05) is 31.7 Å². The molecular formula is C16H19NO6S. The average Bonchev–Trinajstić information content (AvgIpc) is 3.07. The Labute approximate surface area is 140 Å². The molecule has 3 aliphatic rings. The van der Waals surface area contributed by atoms with E-state index >= 15 is 0 Å². The highest BCUT2D eigenvalue weighted by molar-refractivity contribution is 7.93. The molecule has 1 aromatic rings. The zero-order valence-corrected chi connectivity index (χ0v) is 14.2. The summed E-state index contributed by atoms with van der Waals surface area (Å²) < 4.78 is 39.8. The van der Waals surface area contributed by atoms with E-state index < -0.39 is 14.6 Å². The van der Waals surface area contributed by atoms with Crippen molar-refractivity contribution in [1.82, 2.24) is 4.90 Å². The summed E-state index contributed by atoms with van der Waals surface area (Å²) in [6, 6.07) is 5.02. The van der Waals surface area contributed by atoms with E-state index in [1.54, 1.807) is 30.2 Å². The summed E-state index contributed by atoms with van der Waals surface area (Å²) in [5, 5.41) is 0. The minimum Gasteiger partial charge on any atom is -0.454 e. The number of likely N-dealkylation sites (tertiary alicyclic amines) is 1. The third kappa shape index (κ3) is 2.12. The third-order valence-electron chi connectivity index (χ3n) is 5.29. The summed E-state index contributed by atoms with van der Waals surface area (Å²) in [5.74, 6) is 1.10. The van der Waals surface area contributed by atoms with Crippen LogP contribution in [0, 0.1) is 5.92 Å². The number of rotatable bonds is 3. The van der Waals surface area contributed by atoms with Crippen molar-refractivity contribution in [2.75, 3.05) is 39.4 Å². The minimum absolute atomic E-state index is 0.0479. The van der Waals surface area contributed by atoms with Crippen molar-refractivity contribution in [2.45, 2.75) is 11.2 Å². The van der Waals surface area contributed by atoms with Crippen LogP contribution < -0.4 is 9.47 Å². The van der Waals surface area contributed by atoms with Gasteiger partial charge in [-0.2, -0.15) is 0 Å². The first-order chi connectivity index (χ1) is 11.5. The lowest BCUT2D eigenvalue weighted by atomic mass is 9.83. The lowest BCUT2D eigenvalue weighted by molar-refractivity contribution is 0.0336. The maximum absolute atomic E-state index is 12.6. The molecular weight excluding hydrogens is 334 g/mol. The molecule has 0 N–H and O–H groups in total. The van der Waals surface area contributed by atoms with Crippen LogP contribution in [0.2, 0.25) is 0 Å². The van der Waals surface area contributed by atoms with Crippen LogP contribution in [-0.4, -0.2) is 63.3 Å². The first-order valence-corrected chi connectivity index (χ1v) is 9.52. The minimum atomic E-state index is -3.20. The van der Waals surface area contributed by atoms with Gasteiger partial charge in [-0.15, -0.1) is 0 Å². The number of nitrogens with zero attached hydrogens (tertiary/aromatic N) is 1. The highest BCUT2D eigenvalue weighted by atomic mass is 32.2. The van der Waals surface area contributed by atoms with Crippen molar-refractivity contribution >= 4 is 15.7 Å². The van der Waals surface area contributed by atoms with E-state index in [9.17, 15) is 13.2 Å². The van der Waals surface area contributed by atoms with E-state index in [-0.39, 0.29) is 37.5 Å². The molecule has 0 saturated carbocycles. The van der Waals surface area contributed by atoms with Crippen molar-refractivity contribution in [1.29, 1.82) is 0 Å². The van der Waals surface area contributed by atoms with E-state index in [2.05, 4.69) is 0 Å². The summed E-state index contributed by atoms with van der Waals surface area (Å²) in [4.78, 5) is 14.2. The topological polar surface area (TPSA) is 82.1 Å². The molecule has 130 valence electrons. The number of fused-ring (bicyclic) bond motifs is 1. The molecule has 2 saturated heterocycles. The van der Waals surface area contributed by atoms with Gasteiger partial charge in [0.05, 0.1) is 12.4 Å². The van der Waals surface area contributed by atoms with Crippen LogP contribution in [-0.2, 0) is 14.6 Å². The van der Waals surface area contributed by atoms with Gasteiger partial charge in [-0.05, 0) is 24.6 Å². The molecule has 7 nitrogen and oxygen atoms in total. The van der Waals surface area contributed by atoms with E-state index in [1.807, 2.05) is 0 Å². The Morgan fingerprint density at radius 1 is 1.33 bits per heavy atom. The van der Waals surface area contributed by atoms with Crippen LogP contribution in [0.1, 0.15) is 16.8 Å². The van der Waals surface area contributed by atoms with Gasteiger partial charge in [0.2, 0.25) is 6.79 Å². The molecule has 0 aromatic heterocycles. The second kappa shape index (κ2) is 5.35. The first kappa shape index (κ1) is 15.7. The van der Waals surface area contributed by atoms with Gasteiger partial charge in [-0.3, -0.25) is 4.79 Å². The Morgan fingerprint density at radius 3 is 2.83 bits per heavy atom. The van der Waals surface area contributed by atoms with Gasteiger partial charge in [-0.25, -0.2) is 8.42 Å². The maximum atomic E-state index is 12.6. The number of carbonyl (C=O) groups excluding carboxylic acids is 1. The van der Waals surface area contributed by atoms with Crippen LogP contribution in [0.3, 0.4) is 0 Å². The molecule has 0 unspecified atom stereocenters. The van der Waals surface area contributed by atoms with E-state index in [4.69, 9.17) is 14.2 Å². The highest BCUT2D eigenvalue weighted by Crippen LogP contribution is 2.45. The number of ether oxygens (including phenoxy) is 3. The van der Waals surface area contributed by atoms with Crippen molar-refractivity contribution in [2.24, 2.45) is 5.92 Å². The number of benzene rings is 1. The molecule has 3 aliphatic heterocycles. The second-order valence-corrected chi connectivity index (χ2v) is 9.00. The second-order valence-electron chi connectivity index (χ2n) is 6.55. The average molecular weight is 353 g/mol. The number of hydrogen-bond donors (Lipinski definition) is 0. The Hall–Kier alpha value is -1.80. The standard InChI is InChI=1S/C16H19NO6S/c1-21-7-12-4-5-24(19,20)16(12)8-17(9-16)15(18)11-2-3-13-14(6-11)23-10-22-13/h2-3,6,12H,4-5,7-10H2,1H3/t12-/m1/s1. The fourth-order valence-corrected chi connectivity index (χ4v) is 6.26. The normalized spacial score (nSPS) is 25.7. The van der Waals surface area contributed by atoms with Gasteiger partial charge < -0.3 is 19.1 Å². The van der Waals surface area contributed by atoms with Crippen LogP contribution in [0.5, 0.6) is 11.5 Å². The maximum Gasteiger partial charge on any atom is 0.254 e. The molecule has 1 amide bonds. The highest BCUT2D eigenvalue weighted by Gasteiger charge is 2.62. The fraction of sp³-hybridized carbons (Fsp3) is 0.562. The van der Waals surface area contributed by atoms with Gasteiger partial charge in [0.15, 0.2) is 21.3 Å². The first-order valence-electron chi connectivity index (χ1n) is 7.87. The van der Waals surface area contributed by atoms with Crippen LogP contribution in [0.15, 0.2) is 18.2 Å². The van der Waals surface area contributed by atoms with E-state index in [0.29, 0.717) is 30.1 Å². The zero-order chi connectivity index (χ0) is 16.9. The number of hydrogen-bond acceptors (Lipinski definition) is 6. The molecule has 1 atom stereocenters. The van der Waals surface area contributed by atoms with Crippen LogP contribution >= 0.6 is 0 Å². The smallest absolute Gasteiger partial charge is 0.254 e. The molecule has 0 radical (unpaired) electrons. The van der Waals surface area contributed by atoms with Crippen LogP contribution in [0.4, 0.5) is 0 Å². The van der Waals surface area contributed by atoms with E-state index in [0.717, 1.165) is 0 Å². The Balaban J connectivity index is 1.53. The molecule has 24 heavy (non-hydrogen) atoms. The van der Waals surface area contributed by atoms with Gasteiger partial charge in [0.1, 0.15) is 4.75 Å². The summed E-state index contributed by atoms with van der Waals surface area (Å²) in [6.07, 6.45) is 0.599.